The summed E-state index contributed by atoms with van der Waals surface area (Å²) in [5.74, 6) is -0.0986. The van der Waals surface area contributed by atoms with Crippen LogP contribution < -0.4 is 0 Å². The minimum Gasteiger partial charge on any atom is -0.463 e. The molecule has 0 N–H and O–H groups in total. The first-order valence-corrected chi connectivity index (χ1v) is 10.4. The maximum absolute atomic E-state index is 11.5. The highest BCUT2D eigenvalue weighted by atomic mass is 16.6. The molecule has 0 aliphatic carbocycles. The Labute approximate surface area is 161 Å². The molecule has 0 aliphatic rings. The van der Waals surface area contributed by atoms with Gasteiger partial charge in [-0.05, 0) is 52.4 Å². The smallest absolute Gasteiger partial charge is 0.305 e. The summed E-state index contributed by atoms with van der Waals surface area (Å²) in [6.45, 7) is 6.96. The topological polar surface area (TPSA) is 35.5 Å². The second-order valence-corrected chi connectivity index (χ2v) is 6.74. The van der Waals surface area contributed by atoms with Crippen molar-refractivity contribution in [1.29, 1.82) is 0 Å². The molecule has 3 nitrogen and oxygen atoms in total. The van der Waals surface area contributed by atoms with Gasteiger partial charge in [0.05, 0.1) is 12.7 Å². The third-order valence-electron chi connectivity index (χ3n) is 3.83. The molecular formula is C23H40O3. The summed E-state index contributed by atoms with van der Waals surface area (Å²) in [5.41, 5.74) is 0. The fraction of sp³-hybridized carbons (Fsp3) is 0.696. The first-order valence-electron chi connectivity index (χ1n) is 10.4. The first kappa shape index (κ1) is 24.7. The van der Waals surface area contributed by atoms with Crippen LogP contribution in [0.25, 0.3) is 0 Å². The monoisotopic (exact) mass is 364 g/mol. The van der Waals surface area contributed by atoms with Crippen LogP contribution in [-0.2, 0) is 14.3 Å². The second kappa shape index (κ2) is 20.0. The first-order chi connectivity index (χ1) is 12.7. The number of hydrogen-bond donors (Lipinski definition) is 0. The number of carbonyl (C=O) groups is 1. The molecule has 0 unspecified atom stereocenters. The fourth-order valence-corrected chi connectivity index (χ4v) is 2.40. The van der Waals surface area contributed by atoms with E-state index in [0.29, 0.717) is 19.6 Å². The van der Waals surface area contributed by atoms with Crippen LogP contribution in [0.15, 0.2) is 36.5 Å². The van der Waals surface area contributed by atoms with E-state index in [2.05, 4.69) is 43.4 Å². The molecule has 0 heterocycles. The van der Waals surface area contributed by atoms with E-state index in [4.69, 9.17) is 9.47 Å². The number of carbonyl (C=O) groups excluding carboxylic acids is 1. The van der Waals surface area contributed by atoms with Gasteiger partial charge in [0.25, 0.3) is 0 Å². The van der Waals surface area contributed by atoms with Crippen molar-refractivity contribution in [3.8, 4) is 0 Å². The minimum atomic E-state index is -0.0986. The number of hydrogen-bond acceptors (Lipinski definition) is 3. The lowest BCUT2D eigenvalue weighted by atomic mass is 10.1. The van der Waals surface area contributed by atoms with Gasteiger partial charge in [0.1, 0.15) is 6.61 Å². The number of allylic oxidation sites excluding steroid dienone is 6. The van der Waals surface area contributed by atoms with Crippen molar-refractivity contribution in [1.82, 2.24) is 0 Å². The maximum Gasteiger partial charge on any atom is 0.305 e. The highest BCUT2D eigenvalue weighted by Crippen LogP contribution is 2.08. The van der Waals surface area contributed by atoms with Gasteiger partial charge >= 0.3 is 5.97 Å². The van der Waals surface area contributed by atoms with E-state index in [0.717, 1.165) is 38.5 Å². The highest BCUT2D eigenvalue weighted by molar-refractivity contribution is 5.69. The molecular weight excluding hydrogens is 324 g/mol. The largest absolute Gasteiger partial charge is 0.463 e. The van der Waals surface area contributed by atoms with Crippen molar-refractivity contribution in [2.75, 3.05) is 13.2 Å². The molecule has 0 saturated carbocycles. The second-order valence-electron chi connectivity index (χ2n) is 6.74. The van der Waals surface area contributed by atoms with Gasteiger partial charge in [-0.15, -0.1) is 0 Å². The van der Waals surface area contributed by atoms with Crippen LogP contribution in [0.2, 0.25) is 0 Å². The average Bonchev–Trinajstić information content (AvgIpc) is 2.62. The lowest BCUT2D eigenvalue weighted by Crippen LogP contribution is -2.13. The molecule has 0 amide bonds. The summed E-state index contributed by atoms with van der Waals surface area (Å²) in [7, 11) is 0. The van der Waals surface area contributed by atoms with Gasteiger partial charge < -0.3 is 9.47 Å². The van der Waals surface area contributed by atoms with Crippen LogP contribution in [0.1, 0.15) is 85.0 Å². The maximum atomic E-state index is 11.5. The van der Waals surface area contributed by atoms with Gasteiger partial charge in [-0.3, -0.25) is 4.79 Å². The van der Waals surface area contributed by atoms with E-state index < -0.39 is 0 Å². The van der Waals surface area contributed by atoms with Gasteiger partial charge in [0.2, 0.25) is 0 Å². The van der Waals surface area contributed by atoms with Crippen molar-refractivity contribution < 1.29 is 14.3 Å². The number of esters is 1. The molecule has 0 aromatic rings. The Kier molecular flexibility index (Phi) is 18.9. The Morgan fingerprint density at radius 1 is 0.808 bits per heavy atom. The van der Waals surface area contributed by atoms with Crippen molar-refractivity contribution in [3.05, 3.63) is 36.5 Å². The van der Waals surface area contributed by atoms with E-state index in [1.54, 1.807) is 0 Å². The summed E-state index contributed by atoms with van der Waals surface area (Å²) in [4.78, 5) is 11.5. The molecule has 0 atom stereocenters. The molecule has 0 rings (SSSR count). The van der Waals surface area contributed by atoms with Crippen molar-refractivity contribution in [2.24, 2.45) is 0 Å². The molecule has 0 aliphatic heterocycles. The van der Waals surface area contributed by atoms with Crippen LogP contribution in [0.4, 0.5) is 0 Å². The number of rotatable bonds is 17. The lowest BCUT2D eigenvalue weighted by molar-refractivity contribution is -0.145. The summed E-state index contributed by atoms with van der Waals surface area (Å²) in [5, 5.41) is 0. The molecule has 0 bridgehead atoms. The zero-order chi connectivity index (χ0) is 19.3. The number of ether oxygens (including phenoxy) is 2. The fourth-order valence-electron chi connectivity index (χ4n) is 2.40. The molecule has 0 spiro atoms. The summed E-state index contributed by atoms with van der Waals surface area (Å²) >= 11 is 0. The van der Waals surface area contributed by atoms with E-state index in [-0.39, 0.29) is 12.1 Å². The van der Waals surface area contributed by atoms with E-state index in [1.807, 2.05) is 13.8 Å². The van der Waals surface area contributed by atoms with Crippen LogP contribution in [-0.4, -0.2) is 25.3 Å². The predicted molar refractivity (Wildman–Crippen MR) is 111 cm³/mol. The van der Waals surface area contributed by atoms with Gasteiger partial charge in [0, 0.05) is 6.42 Å². The summed E-state index contributed by atoms with van der Waals surface area (Å²) in [6.07, 6.45) is 24.1. The molecule has 3 heteroatoms. The molecule has 0 fully saturated rings. The van der Waals surface area contributed by atoms with Crippen molar-refractivity contribution >= 4 is 5.97 Å². The predicted octanol–water partition coefficient (Wildman–Crippen LogP) is 6.54. The summed E-state index contributed by atoms with van der Waals surface area (Å²) < 4.78 is 10.5. The molecule has 0 radical (unpaired) electrons. The third-order valence-corrected chi connectivity index (χ3v) is 3.83. The van der Waals surface area contributed by atoms with Gasteiger partial charge in [0.15, 0.2) is 0 Å². The van der Waals surface area contributed by atoms with Crippen LogP contribution >= 0.6 is 0 Å². The summed E-state index contributed by atoms with van der Waals surface area (Å²) in [6, 6.07) is 0. The van der Waals surface area contributed by atoms with Gasteiger partial charge in [-0.25, -0.2) is 0 Å². The quantitative estimate of drug-likeness (QED) is 0.167. The van der Waals surface area contributed by atoms with Crippen LogP contribution in [0, 0.1) is 0 Å². The molecule has 0 aromatic carbocycles. The minimum absolute atomic E-state index is 0.0986. The highest BCUT2D eigenvalue weighted by Gasteiger charge is 2.02. The standard InChI is InChI=1S/C23H40O3/c1-4-5-6-7-8-9-10-11-12-13-14-15-16-17-18-19-23(24)26-21-20-25-22(2)3/h5-6,8-9,11-12,22H,4,7,10,13-21H2,1-3H3/b6-5-,9-8-,12-11-. The van der Waals surface area contributed by atoms with Crippen molar-refractivity contribution in [3.63, 3.8) is 0 Å². The normalized spacial score (nSPS) is 12.2. The molecule has 0 aromatic heterocycles. The lowest BCUT2D eigenvalue weighted by Gasteiger charge is -2.08. The van der Waals surface area contributed by atoms with Gasteiger partial charge in [-0.1, -0.05) is 62.6 Å². The third kappa shape index (κ3) is 20.7. The Morgan fingerprint density at radius 2 is 1.42 bits per heavy atom. The average molecular weight is 365 g/mol. The van der Waals surface area contributed by atoms with Gasteiger partial charge in [-0.2, -0.15) is 0 Å². The number of unbranched alkanes of at least 4 members (excludes halogenated alkanes) is 5. The molecule has 150 valence electrons. The molecule has 0 saturated heterocycles. The van der Waals surface area contributed by atoms with Crippen LogP contribution in [0.3, 0.4) is 0 Å². The van der Waals surface area contributed by atoms with Crippen LogP contribution in [0.5, 0.6) is 0 Å². The zero-order valence-electron chi connectivity index (χ0n) is 17.3. The SMILES string of the molecule is CC/C=C\C/C=C\C/C=C\CCCCCCCC(=O)OCCOC(C)C. The Balaban J connectivity index is 3.31. The molecule has 26 heavy (non-hydrogen) atoms. The van der Waals surface area contributed by atoms with E-state index in [1.165, 1.54) is 19.3 Å². The van der Waals surface area contributed by atoms with E-state index in [9.17, 15) is 4.79 Å². The van der Waals surface area contributed by atoms with E-state index >= 15 is 0 Å². The Morgan fingerprint density at radius 3 is 2.12 bits per heavy atom. The Bertz CT molecular complexity index is 394. The van der Waals surface area contributed by atoms with Crippen molar-refractivity contribution in [2.45, 2.75) is 91.1 Å². The zero-order valence-corrected chi connectivity index (χ0v) is 17.3. The Hall–Kier alpha value is -1.35.